The highest BCUT2D eigenvalue weighted by atomic mass is 16.1. The number of amides is 1. The van der Waals surface area contributed by atoms with Crippen molar-refractivity contribution in [2.45, 2.75) is 33.4 Å². The molecule has 0 saturated heterocycles. The van der Waals surface area contributed by atoms with Crippen molar-refractivity contribution >= 4 is 5.91 Å². The van der Waals surface area contributed by atoms with Crippen LogP contribution in [-0.2, 0) is 17.9 Å². The second-order valence-corrected chi connectivity index (χ2v) is 4.21. The van der Waals surface area contributed by atoms with E-state index in [1.807, 2.05) is 24.6 Å². The molecule has 96 valence electrons. The maximum atomic E-state index is 11.6. The molecule has 0 unspecified atom stereocenters. The summed E-state index contributed by atoms with van der Waals surface area (Å²) in [6.45, 7) is 4.97. The first kappa shape index (κ1) is 12.3. The summed E-state index contributed by atoms with van der Waals surface area (Å²) in [5, 5.41) is 7.12. The van der Waals surface area contributed by atoms with E-state index in [1.54, 1.807) is 12.4 Å². The molecule has 1 amide bonds. The van der Waals surface area contributed by atoms with Gasteiger partial charge < -0.3 is 10.3 Å². The van der Waals surface area contributed by atoms with Gasteiger partial charge in [0.15, 0.2) is 0 Å². The zero-order valence-electron chi connectivity index (χ0n) is 10.6. The Morgan fingerprint density at radius 1 is 1.50 bits per heavy atom. The van der Waals surface area contributed by atoms with E-state index in [0.29, 0.717) is 19.5 Å². The molecule has 0 aliphatic carbocycles. The first-order valence-corrected chi connectivity index (χ1v) is 5.91. The van der Waals surface area contributed by atoms with Gasteiger partial charge in [-0.05, 0) is 19.9 Å². The van der Waals surface area contributed by atoms with Crippen LogP contribution in [0.5, 0.6) is 0 Å². The number of aromatic amines is 1. The molecule has 0 saturated carbocycles. The van der Waals surface area contributed by atoms with Crippen LogP contribution < -0.4 is 5.32 Å². The minimum atomic E-state index is -0.000969. The Morgan fingerprint density at radius 3 is 2.94 bits per heavy atom. The van der Waals surface area contributed by atoms with Crippen LogP contribution in [0, 0.1) is 13.8 Å². The van der Waals surface area contributed by atoms with Gasteiger partial charge in [0, 0.05) is 31.1 Å². The van der Waals surface area contributed by atoms with Gasteiger partial charge in [-0.3, -0.25) is 9.48 Å². The predicted molar refractivity (Wildman–Crippen MR) is 66.8 cm³/mol. The lowest BCUT2D eigenvalue weighted by Crippen LogP contribution is -2.24. The number of imidazole rings is 1. The lowest BCUT2D eigenvalue weighted by Gasteiger charge is -2.05. The van der Waals surface area contributed by atoms with E-state index in [0.717, 1.165) is 17.2 Å². The Hall–Kier alpha value is -2.11. The Bertz CT molecular complexity index is 515. The summed E-state index contributed by atoms with van der Waals surface area (Å²) in [5.41, 5.74) is 2.05. The molecular formula is C12H17N5O. The van der Waals surface area contributed by atoms with Crippen LogP contribution in [0.2, 0.25) is 0 Å². The topological polar surface area (TPSA) is 75.6 Å². The van der Waals surface area contributed by atoms with Crippen LogP contribution in [0.15, 0.2) is 18.5 Å². The number of hydrogen-bond donors (Lipinski definition) is 2. The molecule has 0 aliphatic heterocycles. The normalized spacial score (nSPS) is 10.6. The third-order valence-corrected chi connectivity index (χ3v) is 2.66. The summed E-state index contributed by atoms with van der Waals surface area (Å²) in [5.74, 6) is 0.758. The van der Waals surface area contributed by atoms with Crippen LogP contribution in [-0.4, -0.2) is 25.7 Å². The quantitative estimate of drug-likeness (QED) is 0.825. The number of carbonyl (C=O) groups is 1. The van der Waals surface area contributed by atoms with Crippen molar-refractivity contribution in [2.75, 3.05) is 0 Å². The SMILES string of the molecule is Cc1cc(C)n(CCC(=O)NCc2ncc[nH]2)n1. The highest BCUT2D eigenvalue weighted by molar-refractivity contribution is 5.75. The maximum absolute atomic E-state index is 11.6. The largest absolute Gasteiger partial charge is 0.349 e. The summed E-state index contributed by atoms with van der Waals surface area (Å²) < 4.78 is 1.85. The van der Waals surface area contributed by atoms with Gasteiger partial charge >= 0.3 is 0 Å². The molecule has 0 aliphatic rings. The molecule has 6 heteroatoms. The Balaban J connectivity index is 1.76. The lowest BCUT2D eigenvalue weighted by atomic mass is 10.3. The number of aryl methyl sites for hydroxylation is 3. The van der Waals surface area contributed by atoms with Crippen molar-refractivity contribution in [1.29, 1.82) is 0 Å². The van der Waals surface area contributed by atoms with Crippen molar-refractivity contribution in [3.8, 4) is 0 Å². The van der Waals surface area contributed by atoms with Crippen molar-refractivity contribution in [2.24, 2.45) is 0 Å². The molecule has 18 heavy (non-hydrogen) atoms. The summed E-state index contributed by atoms with van der Waals surface area (Å²) in [7, 11) is 0. The van der Waals surface area contributed by atoms with Gasteiger partial charge in [-0.25, -0.2) is 4.98 Å². The third-order valence-electron chi connectivity index (χ3n) is 2.66. The number of carbonyl (C=O) groups excluding carboxylic acids is 1. The van der Waals surface area contributed by atoms with Gasteiger partial charge in [0.1, 0.15) is 5.82 Å². The summed E-state index contributed by atoms with van der Waals surface area (Å²) >= 11 is 0. The van der Waals surface area contributed by atoms with Gasteiger partial charge in [-0.15, -0.1) is 0 Å². The molecule has 2 heterocycles. The molecule has 0 fully saturated rings. The zero-order valence-corrected chi connectivity index (χ0v) is 10.6. The van der Waals surface area contributed by atoms with Gasteiger partial charge in [-0.1, -0.05) is 0 Å². The number of hydrogen-bond acceptors (Lipinski definition) is 3. The fraction of sp³-hybridized carbons (Fsp3) is 0.417. The second kappa shape index (κ2) is 5.48. The number of nitrogens with zero attached hydrogens (tertiary/aromatic N) is 3. The standard InChI is InChI=1S/C12H17N5O/c1-9-7-10(2)17(16-9)6-3-12(18)15-8-11-13-4-5-14-11/h4-5,7H,3,6,8H2,1-2H3,(H,13,14)(H,15,18). The van der Waals surface area contributed by atoms with Crippen LogP contribution in [0.4, 0.5) is 0 Å². The van der Waals surface area contributed by atoms with E-state index < -0.39 is 0 Å². The fourth-order valence-corrected chi connectivity index (χ4v) is 1.77. The van der Waals surface area contributed by atoms with E-state index in [4.69, 9.17) is 0 Å². The Morgan fingerprint density at radius 2 is 2.33 bits per heavy atom. The van der Waals surface area contributed by atoms with E-state index in [1.165, 1.54) is 0 Å². The number of rotatable bonds is 5. The number of nitrogens with one attached hydrogen (secondary N) is 2. The highest BCUT2D eigenvalue weighted by Crippen LogP contribution is 2.02. The van der Waals surface area contributed by atoms with E-state index in [-0.39, 0.29) is 5.91 Å². The Labute approximate surface area is 105 Å². The first-order valence-electron chi connectivity index (χ1n) is 5.91. The number of H-pyrrole nitrogens is 1. The molecule has 2 aromatic rings. The smallest absolute Gasteiger partial charge is 0.222 e. The highest BCUT2D eigenvalue weighted by Gasteiger charge is 2.05. The van der Waals surface area contributed by atoms with Crippen LogP contribution in [0.3, 0.4) is 0 Å². The molecule has 6 nitrogen and oxygen atoms in total. The average molecular weight is 247 g/mol. The lowest BCUT2D eigenvalue weighted by molar-refractivity contribution is -0.121. The van der Waals surface area contributed by atoms with Gasteiger partial charge in [0.25, 0.3) is 0 Å². The van der Waals surface area contributed by atoms with Crippen molar-refractivity contribution in [1.82, 2.24) is 25.1 Å². The van der Waals surface area contributed by atoms with E-state index >= 15 is 0 Å². The maximum Gasteiger partial charge on any atom is 0.222 e. The van der Waals surface area contributed by atoms with Crippen LogP contribution in [0.25, 0.3) is 0 Å². The van der Waals surface area contributed by atoms with E-state index in [2.05, 4.69) is 20.4 Å². The Kier molecular flexibility index (Phi) is 3.76. The third kappa shape index (κ3) is 3.19. The average Bonchev–Trinajstić information content (AvgIpc) is 2.94. The summed E-state index contributed by atoms with van der Waals surface area (Å²) in [6, 6.07) is 2.00. The van der Waals surface area contributed by atoms with Crippen LogP contribution >= 0.6 is 0 Å². The van der Waals surface area contributed by atoms with E-state index in [9.17, 15) is 4.79 Å². The minimum Gasteiger partial charge on any atom is -0.349 e. The fourth-order valence-electron chi connectivity index (χ4n) is 1.77. The molecule has 2 N–H and O–H groups in total. The second-order valence-electron chi connectivity index (χ2n) is 4.21. The molecule has 0 aromatic carbocycles. The monoisotopic (exact) mass is 247 g/mol. The van der Waals surface area contributed by atoms with Crippen LogP contribution in [0.1, 0.15) is 23.6 Å². The molecule has 0 spiro atoms. The number of aromatic nitrogens is 4. The minimum absolute atomic E-state index is 0.000969. The molecule has 0 radical (unpaired) electrons. The molecule has 2 aromatic heterocycles. The van der Waals surface area contributed by atoms with Crippen molar-refractivity contribution in [3.05, 3.63) is 35.7 Å². The molecule has 0 bridgehead atoms. The van der Waals surface area contributed by atoms with Gasteiger partial charge in [0.2, 0.25) is 5.91 Å². The summed E-state index contributed by atoms with van der Waals surface area (Å²) in [4.78, 5) is 18.6. The predicted octanol–water partition coefficient (Wildman–Crippen LogP) is 0.930. The van der Waals surface area contributed by atoms with Crippen molar-refractivity contribution < 1.29 is 4.79 Å². The first-order chi connectivity index (χ1) is 8.65. The van der Waals surface area contributed by atoms with Gasteiger partial charge in [-0.2, -0.15) is 5.10 Å². The molecular weight excluding hydrogens is 230 g/mol. The van der Waals surface area contributed by atoms with Crippen molar-refractivity contribution in [3.63, 3.8) is 0 Å². The molecule has 0 atom stereocenters. The zero-order chi connectivity index (χ0) is 13.0. The summed E-state index contributed by atoms with van der Waals surface area (Å²) in [6.07, 6.45) is 3.82. The molecule has 2 rings (SSSR count). The van der Waals surface area contributed by atoms with Gasteiger partial charge in [0.05, 0.1) is 12.2 Å².